The topological polar surface area (TPSA) is 48.8 Å². The Hall–Kier alpha value is -1.83. The quantitative estimate of drug-likeness (QED) is 0.774. The van der Waals surface area contributed by atoms with Gasteiger partial charge in [0.05, 0.1) is 11.4 Å². The molecule has 2 N–H and O–H groups in total. The third-order valence-electron chi connectivity index (χ3n) is 3.50. The van der Waals surface area contributed by atoms with Crippen molar-refractivity contribution in [3.8, 4) is 0 Å². The van der Waals surface area contributed by atoms with Gasteiger partial charge >= 0.3 is 15.2 Å². The molecule has 2 aliphatic rings. The molecule has 0 spiro atoms. The molecule has 4 rings (SSSR count). The van der Waals surface area contributed by atoms with E-state index >= 15 is 0 Å². The van der Waals surface area contributed by atoms with E-state index in [0.717, 1.165) is 33.3 Å². The zero-order valence-corrected chi connectivity index (χ0v) is 11.9. The summed E-state index contributed by atoms with van der Waals surface area (Å²) in [5.41, 5.74) is 4.34. The highest BCUT2D eigenvalue weighted by Gasteiger charge is 2.20. The Morgan fingerprint density at radius 2 is 1.53 bits per heavy atom. The van der Waals surface area contributed by atoms with E-state index in [2.05, 4.69) is 45.7 Å². The molecule has 19 heavy (non-hydrogen) atoms. The fourth-order valence-corrected chi connectivity index (χ4v) is 3.26. The van der Waals surface area contributed by atoms with E-state index in [4.69, 9.17) is 4.99 Å². The predicted octanol–water partition coefficient (Wildman–Crippen LogP) is 3.48. The highest BCUT2D eigenvalue weighted by molar-refractivity contribution is 6.76. The van der Waals surface area contributed by atoms with Gasteiger partial charge in [0.25, 0.3) is 0 Å². The van der Waals surface area contributed by atoms with Crippen LogP contribution in [0.4, 0.5) is 22.7 Å². The van der Waals surface area contributed by atoms with E-state index in [9.17, 15) is 0 Å². The Balaban J connectivity index is 2.12. The smallest absolute Gasteiger partial charge is 0.308 e. The van der Waals surface area contributed by atoms with Gasteiger partial charge < -0.3 is 10.6 Å². The Morgan fingerprint density at radius 3 is 2.21 bits per heavy atom. The molecule has 2 aromatic rings. The van der Waals surface area contributed by atoms with Crippen LogP contribution in [0, 0.1) is 0 Å². The molecule has 2 aromatic carbocycles. The van der Waals surface area contributed by atoms with Crippen molar-refractivity contribution in [1.29, 1.82) is 0 Å². The second kappa shape index (κ2) is 3.83. The van der Waals surface area contributed by atoms with Gasteiger partial charge in [0.2, 0.25) is 0 Å². The first-order chi connectivity index (χ1) is 9.26. The number of nitrogens with zero attached hydrogens (tertiary/aromatic N) is 2. The molecule has 2 heterocycles. The summed E-state index contributed by atoms with van der Waals surface area (Å²) in [5.74, 6) is 3.12. The third-order valence-corrected chi connectivity index (χ3v) is 4.32. The van der Waals surface area contributed by atoms with Crippen LogP contribution in [-0.4, -0.2) is 25.8 Å². The predicted molar refractivity (Wildman–Crippen MR) is 82.7 cm³/mol. The first-order valence-electron chi connectivity index (χ1n) is 6.33. The largest absolute Gasteiger partial charge is 0.359 e. The first-order valence-corrected chi connectivity index (χ1v) is 8.06. The molecule has 5 heteroatoms. The summed E-state index contributed by atoms with van der Waals surface area (Å²) in [6.07, 6.45) is 0. The lowest BCUT2D eigenvalue weighted by atomic mass is 10.0. The van der Waals surface area contributed by atoms with E-state index < -0.39 is 0 Å². The average molecular weight is 263 g/mol. The molecule has 91 valence electrons. The first kappa shape index (κ1) is 11.0. The van der Waals surface area contributed by atoms with Gasteiger partial charge in [-0.15, -0.1) is 5.79 Å². The van der Waals surface area contributed by atoms with E-state index in [-0.39, 0.29) is 15.2 Å². The minimum atomic E-state index is 0.188. The van der Waals surface area contributed by atoms with Crippen LogP contribution in [0.2, 0.25) is 5.79 Å². The zero-order valence-electron chi connectivity index (χ0n) is 10.8. The maximum atomic E-state index is 4.71. The third kappa shape index (κ3) is 1.52. The summed E-state index contributed by atoms with van der Waals surface area (Å²) >= 11 is 0.188. The van der Waals surface area contributed by atoms with Crippen molar-refractivity contribution < 1.29 is 0 Å². The summed E-state index contributed by atoms with van der Waals surface area (Å²) < 4.78 is 1.10. The lowest BCUT2D eigenvalue weighted by Gasteiger charge is -2.24. The van der Waals surface area contributed by atoms with Gasteiger partial charge in [-0.25, -0.2) is 4.99 Å². The van der Waals surface area contributed by atoms with Crippen LogP contribution in [0.25, 0.3) is 10.8 Å². The number of aliphatic imine (C=N–C) groups is 2. The van der Waals surface area contributed by atoms with Crippen LogP contribution in [0.5, 0.6) is 0 Å². The molecule has 0 fully saturated rings. The van der Waals surface area contributed by atoms with E-state index in [1.54, 1.807) is 0 Å². The molecule has 2 aliphatic heterocycles. The number of hydrogen-bond donors (Lipinski definition) is 2. The van der Waals surface area contributed by atoms with E-state index in [0.29, 0.717) is 0 Å². The van der Waals surface area contributed by atoms with Crippen LogP contribution in [0.1, 0.15) is 6.92 Å². The molecule has 0 saturated heterocycles. The van der Waals surface area contributed by atoms with E-state index in [1.165, 1.54) is 10.8 Å². The van der Waals surface area contributed by atoms with Crippen LogP contribution in [0.15, 0.2) is 34.3 Å². The SMILES string of the molecule is [CH3][Al][C]1=Nc2ccc3c4c(ccc(c24)N1)N=C(C)N3. The zero-order chi connectivity index (χ0) is 13.0. The number of rotatable bonds is 1. The van der Waals surface area contributed by atoms with Crippen molar-refractivity contribution in [3.05, 3.63) is 24.3 Å². The van der Waals surface area contributed by atoms with Gasteiger partial charge in [-0.2, -0.15) is 0 Å². The van der Waals surface area contributed by atoms with Crippen molar-refractivity contribution in [2.24, 2.45) is 9.98 Å². The monoisotopic (exact) mass is 263 g/mol. The summed E-state index contributed by atoms with van der Waals surface area (Å²) in [7, 11) is 0. The van der Waals surface area contributed by atoms with Crippen molar-refractivity contribution in [3.63, 3.8) is 0 Å². The highest BCUT2D eigenvalue weighted by atomic mass is 27.1. The van der Waals surface area contributed by atoms with Gasteiger partial charge in [0.1, 0.15) is 5.84 Å². The van der Waals surface area contributed by atoms with Crippen LogP contribution >= 0.6 is 0 Å². The lowest BCUT2D eigenvalue weighted by Crippen LogP contribution is -2.20. The van der Waals surface area contributed by atoms with Crippen LogP contribution < -0.4 is 10.6 Å². The van der Waals surface area contributed by atoms with Gasteiger partial charge in [-0.1, -0.05) is 0 Å². The number of nitrogens with one attached hydrogen (secondary N) is 2. The second-order valence-corrected chi connectivity index (χ2v) is 5.87. The molecule has 0 bridgehead atoms. The summed E-state index contributed by atoms with van der Waals surface area (Å²) in [6, 6.07) is 8.38. The van der Waals surface area contributed by atoms with Crippen molar-refractivity contribution in [2.75, 3.05) is 10.6 Å². The van der Waals surface area contributed by atoms with Gasteiger partial charge in [-0.3, -0.25) is 4.99 Å². The molecule has 1 radical (unpaired) electrons. The minimum absolute atomic E-state index is 0.188. The molecular formula is C14H12AlN4. The molecular weight excluding hydrogens is 251 g/mol. The van der Waals surface area contributed by atoms with Gasteiger partial charge in [0, 0.05) is 26.8 Å². The standard InChI is InChI=1S/C13H9N4.CH3.Al/c1-7-16-10-4-2-8-12-9(15-6-14-8)3-5-11(17-7)13(10)12;;/h2-5H,1H3,(H,14,15)(H,16,17);1H3;. The number of hydrogen-bond acceptors (Lipinski definition) is 4. The molecule has 0 atom stereocenters. The van der Waals surface area contributed by atoms with Crippen molar-refractivity contribution in [1.82, 2.24) is 0 Å². The maximum Gasteiger partial charge on any atom is 0.308 e. The number of benzene rings is 2. The van der Waals surface area contributed by atoms with Crippen molar-refractivity contribution >= 4 is 59.3 Å². The Bertz CT molecular complexity index is 777. The Kier molecular flexibility index (Phi) is 2.23. The average Bonchev–Trinajstić information content (AvgIpc) is 2.43. The van der Waals surface area contributed by atoms with E-state index in [1.807, 2.05) is 6.92 Å². The van der Waals surface area contributed by atoms with Crippen LogP contribution in [0.3, 0.4) is 0 Å². The molecule has 0 aliphatic carbocycles. The lowest BCUT2D eigenvalue weighted by molar-refractivity contribution is 1.44. The van der Waals surface area contributed by atoms with Gasteiger partial charge in [-0.05, 0) is 31.2 Å². The second-order valence-electron chi connectivity index (χ2n) is 4.75. The molecule has 4 nitrogen and oxygen atoms in total. The van der Waals surface area contributed by atoms with Crippen LogP contribution in [-0.2, 0) is 0 Å². The number of amidine groups is 2. The Labute approximate surface area is 117 Å². The van der Waals surface area contributed by atoms with Crippen molar-refractivity contribution in [2.45, 2.75) is 12.7 Å². The molecule has 0 amide bonds. The van der Waals surface area contributed by atoms with Gasteiger partial charge in [0.15, 0.2) is 0 Å². The fourth-order valence-electron chi connectivity index (χ4n) is 2.69. The normalized spacial score (nSPS) is 15.3. The summed E-state index contributed by atoms with van der Waals surface area (Å²) in [5, 5.41) is 9.11. The summed E-state index contributed by atoms with van der Waals surface area (Å²) in [6.45, 7) is 1.98. The fraction of sp³-hybridized carbons (Fsp3) is 0.143. The molecule has 0 aromatic heterocycles. The molecule has 0 unspecified atom stereocenters. The summed E-state index contributed by atoms with van der Waals surface area (Å²) in [4.78, 5) is 9.29. The number of anilines is 2. The molecule has 0 saturated carbocycles. The highest BCUT2D eigenvalue weighted by Crippen LogP contribution is 2.45. The Morgan fingerprint density at radius 1 is 0.895 bits per heavy atom. The maximum absolute atomic E-state index is 4.71. The minimum Gasteiger partial charge on any atom is -0.359 e.